The number of aliphatic hydroxyl groups excluding tert-OH is 2. The van der Waals surface area contributed by atoms with E-state index in [0.717, 1.165) is 12.1 Å². The number of alkyl halides is 1. The Labute approximate surface area is 97.7 Å². The first-order valence-corrected chi connectivity index (χ1v) is 5.24. The number of halogens is 2. The zero-order valence-electron chi connectivity index (χ0n) is 8.40. The molecule has 5 heteroatoms. The van der Waals surface area contributed by atoms with Crippen molar-refractivity contribution in [2.24, 2.45) is 0 Å². The Bertz CT molecular complexity index is 405. The van der Waals surface area contributed by atoms with Gasteiger partial charge in [0.1, 0.15) is 11.9 Å². The topological polar surface area (TPSA) is 64.2 Å². The molecule has 0 aliphatic rings. The molecule has 0 aromatic heterocycles. The summed E-state index contributed by atoms with van der Waals surface area (Å²) in [6, 6.07) is 5.26. The van der Waals surface area contributed by atoms with Crippen molar-refractivity contribution in [3.8, 4) is 6.07 Å². The van der Waals surface area contributed by atoms with Crippen LogP contribution in [0.4, 0.5) is 4.39 Å². The summed E-state index contributed by atoms with van der Waals surface area (Å²) in [7, 11) is 0. The van der Waals surface area contributed by atoms with Crippen molar-refractivity contribution in [3.05, 3.63) is 35.1 Å². The number of aliphatic hydroxyl groups is 2. The van der Waals surface area contributed by atoms with Crippen molar-refractivity contribution in [2.75, 3.05) is 5.88 Å². The van der Waals surface area contributed by atoms with Crippen LogP contribution in [0, 0.1) is 17.1 Å². The van der Waals surface area contributed by atoms with Crippen LogP contribution in [0.25, 0.3) is 0 Å². The van der Waals surface area contributed by atoms with Crippen LogP contribution in [-0.4, -0.2) is 22.2 Å². The smallest absolute Gasteiger partial charge is 0.124 e. The zero-order chi connectivity index (χ0) is 12.1. The Kier molecular flexibility index (Phi) is 4.69. The van der Waals surface area contributed by atoms with E-state index in [1.165, 1.54) is 6.07 Å². The van der Waals surface area contributed by atoms with E-state index < -0.39 is 18.0 Å². The van der Waals surface area contributed by atoms with Gasteiger partial charge < -0.3 is 10.2 Å². The fourth-order valence-electron chi connectivity index (χ4n) is 1.34. The Morgan fingerprint density at radius 3 is 2.62 bits per heavy atom. The number of hydrogen-bond donors (Lipinski definition) is 2. The normalized spacial score (nSPS) is 14.2. The Balaban J connectivity index is 2.95. The summed E-state index contributed by atoms with van der Waals surface area (Å²) in [5, 5.41) is 27.8. The van der Waals surface area contributed by atoms with Gasteiger partial charge in [0.2, 0.25) is 0 Å². The maximum Gasteiger partial charge on any atom is 0.124 e. The highest BCUT2D eigenvalue weighted by Crippen LogP contribution is 2.21. The monoisotopic (exact) mass is 243 g/mol. The standard InChI is InChI=1S/C11H11ClFNO2/c12-2-1-10(15)11(16)8-3-7(6-14)4-9(13)5-8/h3-5,10-11,15-16H,1-2H2. The van der Waals surface area contributed by atoms with Crippen LogP contribution >= 0.6 is 11.6 Å². The van der Waals surface area contributed by atoms with Crippen LogP contribution < -0.4 is 0 Å². The van der Waals surface area contributed by atoms with Crippen LogP contribution in [0.1, 0.15) is 23.7 Å². The van der Waals surface area contributed by atoms with Gasteiger partial charge in [-0.25, -0.2) is 4.39 Å². The van der Waals surface area contributed by atoms with Crippen LogP contribution in [0.2, 0.25) is 0 Å². The second kappa shape index (κ2) is 5.80. The van der Waals surface area contributed by atoms with E-state index in [9.17, 15) is 14.6 Å². The Morgan fingerprint density at radius 2 is 2.06 bits per heavy atom. The summed E-state index contributed by atoms with van der Waals surface area (Å²) >= 11 is 5.42. The molecule has 1 aromatic carbocycles. The van der Waals surface area contributed by atoms with Crippen molar-refractivity contribution in [3.63, 3.8) is 0 Å². The maximum absolute atomic E-state index is 13.1. The van der Waals surface area contributed by atoms with Crippen LogP contribution in [0.15, 0.2) is 18.2 Å². The molecular formula is C11H11ClFNO2. The van der Waals surface area contributed by atoms with Gasteiger partial charge in [-0.05, 0) is 30.2 Å². The molecule has 1 rings (SSSR count). The minimum Gasteiger partial charge on any atom is -0.390 e. The fraction of sp³-hybridized carbons (Fsp3) is 0.364. The highest BCUT2D eigenvalue weighted by molar-refractivity contribution is 6.17. The predicted molar refractivity (Wildman–Crippen MR) is 57.4 cm³/mol. The van der Waals surface area contributed by atoms with Crippen LogP contribution in [0.5, 0.6) is 0 Å². The molecule has 2 N–H and O–H groups in total. The molecule has 2 atom stereocenters. The molecule has 0 radical (unpaired) electrons. The van der Waals surface area contributed by atoms with E-state index >= 15 is 0 Å². The second-order valence-electron chi connectivity index (χ2n) is 3.37. The molecule has 0 amide bonds. The summed E-state index contributed by atoms with van der Waals surface area (Å²) in [6.45, 7) is 0. The lowest BCUT2D eigenvalue weighted by molar-refractivity contribution is 0.0168. The molecule has 0 heterocycles. The van der Waals surface area contributed by atoms with Crippen molar-refractivity contribution in [2.45, 2.75) is 18.6 Å². The number of hydrogen-bond acceptors (Lipinski definition) is 3. The highest BCUT2D eigenvalue weighted by Gasteiger charge is 2.18. The van der Waals surface area contributed by atoms with Gasteiger partial charge in [-0.15, -0.1) is 11.6 Å². The quantitative estimate of drug-likeness (QED) is 0.792. The average molecular weight is 244 g/mol. The molecule has 0 spiro atoms. The van der Waals surface area contributed by atoms with Gasteiger partial charge in [-0.2, -0.15) is 5.26 Å². The van der Waals surface area contributed by atoms with Gasteiger partial charge >= 0.3 is 0 Å². The summed E-state index contributed by atoms with van der Waals surface area (Å²) in [5.41, 5.74) is 0.279. The average Bonchev–Trinajstić information content (AvgIpc) is 2.27. The maximum atomic E-state index is 13.1. The summed E-state index contributed by atoms with van der Waals surface area (Å²) < 4.78 is 13.1. The first-order valence-electron chi connectivity index (χ1n) is 4.71. The molecule has 0 fully saturated rings. The van der Waals surface area contributed by atoms with Gasteiger partial charge in [0.05, 0.1) is 17.7 Å². The largest absolute Gasteiger partial charge is 0.390 e. The van der Waals surface area contributed by atoms with E-state index in [-0.39, 0.29) is 23.4 Å². The number of benzene rings is 1. The third-order valence-electron chi connectivity index (χ3n) is 2.16. The zero-order valence-corrected chi connectivity index (χ0v) is 9.15. The lowest BCUT2D eigenvalue weighted by Crippen LogP contribution is -2.18. The molecule has 0 aliphatic carbocycles. The van der Waals surface area contributed by atoms with E-state index in [4.69, 9.17) is 16.9 Å². The van der Waals surface area contributed by atoms with Crippen molar-refractivity contribution in [1.82, 2.24) is 0 Å². The molecule has 0 saturated heterocycles. The fourth-order valence-corrected chi connectivity index (χ4v) is 1.56. The SMILES string of the molecule is N#Cc1cc(F)cc(C(O)C(O)CCCl)c1. The molecule has 0 bridgehead atoms. The van der Waals surface area contributed by atoms with Gasteiger partial charge in [0.15, 0.2) is 0 Å². The van der Waals surface area contributed by atoms with E-state index in [0.29, 0.717) is 0 Å². The lowest BCUT2D eigenvalue weighted by Gasteiger charge is -2.17. The molecule has 16 heavy (non-hydrogen) atoms. The molecule has 86 valence electrons. The number of rotatable bonds is 4. The molecule has 3 nitrogen and oxygen atoms in total. The number of nitrogens with zero attached hydrogens (tertiary/aromatic N) is 1. The molecule has 2 unspecified atom stereocenters. The minimum absolute atomic E-state index is 0.104. The van der Waals surface area contributed by atoms with Gasteiger partial charge in [0, 0.05) is 5.88 Å². The molecule has 0 aliphatic heterocycles. The van der Waals surface area contributed by atoms with Gasteiger partial charge in [0.25, 0.3) is 0 Å². The summed E-state index contributed by atoms with van der Waals surface area (Å²) in [5.74, 6) is -0.426. The van der Waals surface area contributed by atoms with Crippen molar-refractivity contribution in [1.29, 1.82) is 5.26 Å². The van der Waals surface area contributed by atoms with Gasteiger partial charge in [-0.3, -0.25) is 0 Å². The number of nitriles is 1. The van der Waals surface area contributed by atoms with Crippen molar-refractivity contribution >= 4 is 11.6 Å². The molecule has 0 saturated carbocycles. The first-order chi connectivity index (χ1) is 7.58. The van der Waals surface area contributed by atoms with Gasteiger partial charge in [-0.1, -0.05) is 0 Å². The Morgan fingerprint density at radius 1 is 1.38 bits per heavy atom. The summed E-state index contributed by atoms with van der Waals surface area (Å²) in [4.78, 5) is 0. The lowest BCUT2D eigenvalue weighted by atomic mass is 10.0. The molecule has 1 aromatic rings. The first kappa shape index (κ1) is 12.9. The van der Waals surface area contributed by atoms with Crippen LogP contribution in [-0.2, 0) is 0 Å². The van der Waals surface area contributed by atoms with E-state index in [1.54, 1.807) is 6.07 Å². The summed E-state index contributed by atoms with van der Waals surface area (Å²) in [6.07, 6.45) is -2.10. The van der Waals surface area contributed by atoms with Crippen LogP contribution in [0.3, 0.4) is 0 Å². The predicted octanol–water partition coefficient (Wildman–Crippen LogP) is 1.72. The molecular weight excluding hydrogens is 233 g/mol. The Hall–Kier alpha value is -1.15. The minimum atomic E-state index is -1.23. The van der Waals surface area contributed by atoms with E-state index in [1.807, 2.05) is 0 Å². The van der Waals surface area contributed by atoms with Crippen molar-refractivity contribution < 1.29 is 14.6 Å². The third kappa shape index (κ3) is 3.17. The third-order valence-corrected chi connectivity index (χ3v) is 2.38. The second-order valence-corrected chi connectivity index (χ2v) is 3.75. The highest BCUT2D eigenvalue weighted by atomic mass is 35.5. The van der Waals surface area contributed by atoms with E-state index in [2.05, 4.69) is 0 Å².